The van der Waals surface area contributed by atoms with E-state index >= 15 is 0 Å². The number of amides is 2. The predicted octanol–water partition coefficient (Wildman–Crippen LogP) is 3.22. The summed E-state index contributed by atoms with van der Waals surface area (Å²) in [6.45, 7) is 5.14. The number of aromatic nitrogens is 2. The van der Waals surface area contributed by atoms with Crippen LogP contribution in [0.5, 0.6) is 0 Å². The van der Waals surface area contributed by atoms with Crippen LogP contribution in [-0.2, 0) is 4.79 Å². The van der Waals surface area contributed by atoms with Crippen LogP contribution in [0.1, 0.15) is 50.0 Å². The summed E-state index contributed by atoms with van der Waals surface area (Å²) in [6.07, 6.45) is 3.56. The number of fused-ring (bicyclic) bond motifs is 1. The molecule has 0 spiro atoms. The monoisotopic (exact) mass is 384 g/mol. The zero-order valence-corrected chi connectivity index (χ0v) is 16.2. The molecule has 0 saturated carbocycles. The zero-order chi connectivity index (χ0) is 19.9. The molecule has 4 rings (SSSR count). The molecule has 0 unspecified atom stereocenters. The van der Waals surface area contributed by atoms with Crippen molar-refractivity contribution in [2.45, 2.75) is 51.1 Å². The first-order chi connectivity index (χ1) is 13.4. The number of benzene rings is 1. The first kappa shape index (κ1) is 18.7. The van der Waals surface area contributed by atoms with Gasteiger partial charge in [0.1, 0.15) is 11.5 Å². The Morgan fingerprint density at radius 2 is 1.96 bits per heavy atom. The molecule has 148 valence electrons. The number of piperidine rings is 2. The van der Waals surface area contributed by atoms with E-state index in [1.165, 1.54) is 12.1 Å². The molecule has 0 aliphatic carbocycles. The number of carbonyl (C=O) groups excluding carboxylic acids is 2. The lowest BCUT2D eigenvalue weighted by atomic mass is 9.76. The van der Waals surface area contributed by atoms with Gasteiger partial charge in [0.25, 0.3) is 5.91 Å². The number of likely N-dealkylation sites (tertiary alicyclic amines) is 2. The van der Waals surface area contributed by atoms with Crippen LogP contribution < -0.4 is 0 Å². The molecule has 2 aromatic rings. The van der Waals surface area contributed by atoms with Gasteiger partial charge in [0.15, 0.2) is 0 Å². The minimum Gasteiger partial charge on any atom is -0.335 e. The average molecular weight is 384 g/mol. The second-order valence-electron chi connectivity index (χ2n) is 7.96. The normalized spacial score (nSPS) is 24.8. The highest BCUT2D eigenvalue weighted by Gasteiger charge is 2.49. The molecule has 2 atom stereocenters. The number of rotatable bonds is 2. The molecular formula is C21H25FN4O2. The van der Waals surface area contributed by atoms with E-state index in [0.717, 1.165) is 37.8 Å². The number of nitrogens with one attached hydrogen (secondary N) is 1. The molecule has 2 saturated heterocycles. The fourth-order valence-corrected chi connectivity index (χ4v) is 4.86. The summed E-state index contributed by atoms with van der Waals surface area (Å²) in [5, 5.41) is 7.08. The number of hydrogen-bond donors (Lipinski definition) is 1. The Morgan fingerprint density at radius 1 is 1.21 bits per heavy atom. The summed E-state index contributed by atoms with van der Waals surface area (Å²) >= 11 is 0. The van der Waals surface area contributed by atoms with E-state index in [2.05, 4.69) is 17.1 Å². The van der Waals surface area contributed by atoms with Gasteiger partial charge in [0.05, 0.1) is 17.3 Å². The van der Waals surface area contributed by atoms with Crippen LogP contribution in [0.3, 0.4) is 0 Å². The molecule has 2 aliphatic rings. The van der Waals surface area contributed by atoms with E-state index in [-0.39, 0.29) is 29.2 Å². The smallest absolute Gasteiger partial charge is 0.272 e. The lowest BCUT2D eigenvalue weighted by Gasteiger charge is -2.56. The van der Waals surface area contributed by atoms with Crippen molar-refractivity contribution in [2.24, 2.45) is 0 Å². The fraction of sp³-hybridized carbons (Fsp3) is 0.476. The second-order valence-corrected chi connectivity index (χ2v) is 7.96. The zero-order valence-electron chi connectivity index (χ0n) is 16.2. The maximum absolute atomic E-state index is 13.3. The summed E-state index contributed by atoms with van der Waals surface area (Å²) < 4.78 is 13.1. The van der Waals surface area contributed by atoms with Gasteiger partial charge in [-0.2, -0.15) is 5.10 Å². The molecule has 3 heterocycles. The number of nitrogens with zero attached hydrogens (tertiary/aromatic N) is 3. The van der Waals surface area contributed by atoms with Crippen molar-refractivity contribution in [3.05, 3.63) is 41.8 Å². The van der Waals surface area contributed by atoms with E-state index in [4.69, 9.17) is 0 Å². The minimum atomic E-state index is -0.322. The summed E-state index contributed by atoms with van der Waals surface area (Å²) in [4.78, 5) is 29.3. The maximum atomic E-state index is 13.3. The molecule has 2 fully saturated rings. The molecule has 1 aromatic heterocycles. The van der Waals surface area contributed by atoms with E-state index < -0.39 is 0 Å². The van der Waals surface area contributed by atoms with Crippen molar-refractivity contribution >= 4 is 11.8 Å². The van der Waals surface area contributed by atoms with Gasteiger partial charge in [-0.25, -0.2) is 4.39 Å². The first-order valence-electron chi connectivity index (χ1n) is 9.81. The third kappa shape index (κ3) is 3.08. The van der Waals surface area contributed by atoms with Crippen LogP contribution >= 0.6 is 0 Å². The van der Waals surface area contributed by atoms with Crippen LogP contribution in [0.2, 0.25) is 0 Å². The highest BCUT2D eigenvalue weighted by molar-refractivity contribution is 5.94. The van der Waals surface area contributed by atoms with Gasteiger partial charge in [-0.3, -0.25) is 14.7 Å². The fourth-order valence-electron chi connectivity index (χ4n) is 4.86. The van der Waals surface area contributed by atoms with Gasteiger partial charge >= 0.3 is 0 Å². The van der Waals surface area contributed by atoms with Crippen molar-refractivity contribution in [1.82, 2.24) is 20.0 Å². The quantitative estimate of drug-likeness (QED) is 0.864. The van der Waals surface area contributed by atoms with Crippen LogP contribution in [0.25, 0.3) is 11.3 Å². The SMILES string of the molecule is CC(=O)N1CCC[C@@H]2N(C(=O)c3cc(-c4ccc(F)cc4)n[nH]3)CCC[C@@]21C. The number of H-pyrrole nitrogens is 1. The van der Waals surface area contributed by atoms with Gasteiger partial charge in [-0.05, 0) is 62.9 Å². The van der Waals surface area contributed by atoms with E-state index in [1.54, 1.807) is 25.1 Å². The Kier molecular flexibility index (Phi) is 4.69. The molecular weight excluding hydrogens is 359 g/mol. The molecule has 1 aromatic carbocycles. The number of aromatic amines is 1. The van der Waals surface area contributed by atoms with Crippen LogP contribution in [0.4, 0.5) is 4.39 Å². The largest absolute Gasteiger partial charge is 0.335 e. The Morgan fingerprint density at radius 3 is 2.68 bits per heavy atom. The molecule has 7 heteroatoms. The highest BCUT2D eigenvalue weighted by Crippen LogP contribution is 2.39. The van der Waals surface area contributed by atoms with Crippen molar-refractivity contribution in [3.8, 4) is 11.3 Å². The third-order valence-corrected chi connectivity index (χ3v) is 6.24. The number of hydrogen-bond acceptors (Lipinski definition) is 3. The Bertz CT molecular complexity index is 894. The predicted molar refractivity (Wildman–Crippen MR) is 103 cm³/mol. The molecule has 0 radical (unpaired) electrons. The van der Waals surface area contributed by atoms with Crippen LogP contribution in [-0.4, -0.2) is 56.5 Å². The lowest BCUT2D eigenvalue weighted by molar-refractivity contribution is -0.143. The molecule has 2 amide bonds. The van der Waals surface area contributed by atoms with Crippen LogP contribution in [0, 0.1) is 5.82 Å². The topological polar surface area (TPSA) is 69.3 Å². The second kappa shape index (κ2) is 7.04. The highest BCUT2D eigenvalue weighted by atomic mass is 19.1. The van der Waals surface area contributed by atoms with E-state index in [1.807, 2.05) is 9.80 Å². The summed E-state index contributed by atoms with van der Waals surface area (Å²) in [5.74, 6) is -0.334. The van der Waals surface area contributed by atoms with Gasteiger partial charge in [0.2, 0.25) is 5.91 Å². The molecule has 6 nitrogen and oxygen atoms in total. The van der Waals surface area contributed by atoms with Crippen molar-refractivity contribution in [2.75, 3.05) is 13.1 Å². The Balaban J connectivity index is 1.59. The molecule has 2 aliphatic heterocycles. The van der Waals surface area contributed by atoms with E-state index in [0.29, 0.717) is 17.9 Å². The van der Waals surface area contributed by atoms with Gasteiger partial charge in [0, 0.05) is 25.6 Å². The Labute approximate surface area is 163 Å². The molecule has 28 heavy (non-hydrogen) atoms. The number of halogens is 1. The number of carbonyl (C=O) groups is 2. The first-order valence-corrected chi connectivity index (χ1v) is 9.81. The van der Waals surface area contributed by atoms with Crippen LogP contribution in [0.15, 0.2) is 30.3 Å². The molecule has 1 N–H and O–H groups in total. The lowest BCUT2D eigenvalue weighted by Crippen LogP contribution is -2.68. The van der Waals surface area contributed by atoms with Gasteiger partial charge < -0.3 is 9.80 Å². The standard InChI is InChI=1S/C21H25FN4O2/c1-14(27)26-12-3-5-19-21(26,2)10-4-11-25(19)20(28)18-13-17(23-24-18)15-6-8-16(22)9-7-15/h6-9,13,19H,3-5,10-12H2,1-2H3,(H,23,24)/t19-,21-/m0/s1. The average Bonchev–Trinajstić information content (AvgIpc) is 3.16. The van der Waals surface area contributed by atoms with Crippen molar-refractivity contribution < 1.29 is 14.0 Å². The Hall–Kier alpha value is -2.70. The van der Waals surface area contributed by atoms with Gasteiger partial charge in [-0.1, -0.05) is 0 Å². The van der Waals surface area contributed by atoms with Crippen molar-refractivity contribution in [1.29, 1.82) is 0 Å². The van der Waals surface area contributed by atoms with Gasteiger partial charge in [-0.15, -0.1) is 0 Å². The summed E-state index contributed by atoms with van der Waals surface area (Å²) in [5.41, 5.74) is 1.46. The summed E-state index contributed by atoms with van der Waals surface area (Å²) in [6, 6.07) is 7.75. The summed E-state index contributed by atoms with van der Waals surface area (Å²) in [7, 11) is 0. The molecule has 0 bridgehead atoms. The van der Waals surface area contributed by atoms with E-state index in [9.17, 15) is 14.0 Å². The maximum Gasteiger partial charge on any atom is 0.272 e. The van der Waals surface area contributed by atoms with Crippen molar-refractivity contribution in [3.63, 3.8) is 0 Å². The minimum absolute atomic E-state index is 0.00368. The third-order valence-electron chi connectivity index (χ3n) is 6.24.